The summed E-state index contributed by atoms with van der Waals surface area (Å²) in [5, 5.41) is 2.30. The first-order valence-corrected chi connectivity index (χ1v) is 3.80. The summed E-state index contributed by atoms with van der Waals surface area (Å²) in [5.41, 5.74) is 5.19. The highest BCUT2D eigenvalue weighted by Gasteiger charge is 2.15. The smallest absolute Gasteiger partial charge is 0.289 e. The fourth-order valence-electron chi connectivity index (χ4n) is 1.00. The fraction of sp³-hybridized carbons (Fsp3) is 0. The van der Waals surface area contributed by atoms with Crippen molar-refractivity contribution in [3.05, 3.63) is 29.8 Å². The number of carbonyl (C=O) groups excluding carboxylic acids is 3. The molecule has 14 heavy (non-hydrogen) atoms. The van der Waals surface area contributed by atoms with E-state index in [2.05, 4.69) is 5.32 Å². The Morgan fingerprint density at radius 1 is 1.29 bits per heavy atom. The van der Waals surface area contributed by atoms with Crippen molar-refractivity contribution in [2.75, 3.05) is 5.32 Å². The van der Waals surface area contributed by atoms with Gasteiger partial charge in [-0.2, -0.15) is 0 Å². The number of ketones is 1. The van der Waals surface area contributed by atoms with Crippen LogP contribution in [0.2, 0.25) is 0 Å². The fourth-order valence-corrected chi connectivity index (χ4v) is 1.00. The molecule has 5 heteroatoms. The lowest BCUT2D eigenvalue weighted by Gasteiger charge is -2.03. The van der Waals surface area contributed by atoms with Gasteiger partial charge in [-0.3, -0.25) is 14.4 Å². The van der Waals surface area contributed by atoms with Crippen molar-refractivity contribution in [2.24, 2.45) is 5.73 Å². The number of nitrogens with one attached hydrogen (secondary N) is 1. The van der Waals surface area contributed by atoms with E-state index in [9.17, 15) is 14.4 Å². The predicted molar refractivity (Wildman–Crippen MR) is 49.7 cm³/mol. The molecule has 0 aliphatic carbocycles. The molecule has 5 nitrogen and oxygen atoms in total. The molecule has 0 bridgehead atoms. The molecule has 0 aliphatic rings. The molecule has 1 aromatic carbocycles. The molecular formula is C9H8N2O3. The van der Waals surface area contributed by atoms with Gasteiger partial charge in [-0.25, -0.2) is 0 Å². The van der Waals surface area contributed by atoms with Crippen LogP contribution in [-0.2, 0) is 9.59 Å². The van der Waals surface area contributed by atoms with Crippen molar-refractivity contribution in [1.29, 1.82) is 0 Å². The monoisotopic (exact) mass is 192 g/mol. The molecule has 1 aromatic rings. The van der Waals surface area contributed by atoms with Gasteiger partial charge in [0.15, 0.2) is 0 Å². The van der Waals surface area contributed by atoms with E-state index in [1.807, 2.05) is 0 Å². The van der Waals surface area contributed by atoms with Gasteiger partial charge in [-0.15, -0.1) is 0 Å². The molecule has 0 saturated carbocycles. The number of Topliss-reactive ketones (excluding diaryl/α,β-unsaturated/α-hetero) is 1. The number of anilines is 1. The lowest BCUT2D eigenvalue weighted by Crippen LogP contribution is -2.24. The van der Waals surface area contributed by atoms with Crippen molar-refractivity contribution in [2.45, 2.75) is 0 Å². The third-order valence-corrected chi connectivity index (χ3v) is 1.61. The third-order valence-electron chi connectivity index (χ3n) is 1.61. The van der Waals surface area contributed by atoms with Crippen molar-refractivity contribution >= 4 is 23.8 Å². The summed E-state index contributed by atoms with van der Waals surface area (Å²) < 4.78 is 0. The number of amides is 2. The summed E-state index contributed by atoms with van der Waals surface area (Å²) in [6.07, 6.45) is 0.424. The summed E-state index contributed by atoms with van der Waals surface area (Å²) in [6.45, 7) is 0. The number of benzene rings is 1. The number of hydrogen-bond donors (Lipinski definition) is 2. The van der Waals surface area contributed by atoms with Crippen LogP contribution in [0, 0.1) is 0 Å². The number of nitrogens with two attached hydrogens (primary N) is 1. The second kappa shape index (κ2) is 4.18. The van der Waals surface area contributed by atoms with Crippen molar-refractivity contribution < 1.29 is 14.4 Å². The molecule has 0 saturated heterocycles. The van der Waals surface area contributed by atoms with Crippen LogP contribution in [0.15, 0.2) is 24.3 Å². The minimum atomic E-state index is -1.05. The predicted octanol–water partition coefficient (Wildman–Crippen LogP) is -0.0771. The third kappa shape index (κ3) is 1.95. The van der Waals surface area contributed by atoms with E-state index in [1.165, 1.54) is 12.1 Å². The Labute approximate surface area is 79.9 Å². The van der Waals surface area contributed by atoms with E-state index in [1.54, 1.807) is 12.1 Å². The molecule has 0 radical (unpaired) electrons. The molecule has 72 valence electrons. The van der Waals surface area contributed by atoms with Gasteiger partial charge in [-0.05, 0) is 12.1 Å². The van der Waals surface area contributed by atoms with E-state index in [4.69, 9.17) is 5.73 Å². The maximum Gasteiger partial charge on any atom is 0.289 e. The number of hydrogen-bond acceptors (Lipinski definition) is 3. The standard InChI is InChI=1S/C9H8N2O3/c10-9(14)8(13)6-3-1-2-4-7(6)11-5-12/h1-5H,(H2,10,14)(H,11,12). The molecule has 0 aromatic heterocycles. The first kappa shape index (κ1) is 9.91. The molecular weight excluding hydrogens is 184 g/mol. The highest BCUT2D eigenvalue weighted by molar-refractivity contribution is 6.43. The van der Waals surface area contributed by atoms with E-state index < -0.39 is 11.7 Å². The van der Waals surface area contributed by atoms with Crippen LogP contribution < -0.4 is 11.1 Å². The van der Waals surface area contributed by atoms with Crippen LogP contribution in [-0.4, -0.2) is 18.1 Å². The van der Waals surface area contributed by atoms with Gasteiger partial charge in [0.05, 0.1) is 11.3 Å². The highest BCUT2D eigenvalue weighted by Crippen LogP contribution is 2.14. The maximum absolute atomic E-state index is 11.2. The van der Waals surface area contributed by atoms with E-state index in [0.717, 1.165) is 0 Å². The summed E-state index contributed by atoms with van der Waals surface area (Å²) in [7, 11) is 0. The second-order valence-electron chi connectivity index (χ2n) is 2.50. The molecule has 2 amide bonds. The lowest BCUT2D eigenvalue weighted by molar-refractivity contribution is -0.114. The molecule has 0 atom stereocenters. The zero-order valence-electron chi connectivity index (χ0n) is 7.19. The Morgan fingerprint density at radius 3 is 2.50 bits per heavy atom. The minimum Gasteiger partial charge on any atom is -0.363 e. The first-order chi connectivity index (χ1) is 6.66. The van der Waals surface area contributed by atoms with E-state index in [-0.39, 0.29) is 11.3 Å². The SMILES string of the molecule is NC(=O)C(=O)c1ccccc1NC=O. The number of rotatable bonds is 4. The van der Waals surface area contributed by atoms with E-state index >= 15 is 0 Å². The summed E-state index contributed by atoms with van der Waals surface area (Å²) in [4.78, 5) is 32.0. The second-order valence-corrected chi connectivity index (χ2v) is 2.50. The van der Waals surface area contributed by atoms with Gasteiger partial charge >= 0.3 is 0 Å². The van der Waals surface area contributed by atoms with Gasteiger partial charge in [0.25, 0.3) is 11.7 Å². The molecule has 0 unspecified atom stereocenters. The molecule has 1 rings (SSSR count). The van der Waals surface area contributed by atoms with Crippen LogP contribution in [0.5, 0.6) is 0 Å². The summed E-state index contributed by atoms with van der Waals surface area (Å²) in [6, 6.07) is 6.12. The van der Waals surface area contributed by atoms with Crippen LogP contribution >= 0.6 is 0 Å². The van der Waals surface area contributed by atoms with Gasteiger partial charge in [0.1, 0.15) is 0 Å². The normalized spacial score (nSPS) is 9.14. The van der Waals surface area contributed by atoms with Gasteiger partial charge < -0.3 is 11.1 Å². The van der Waals surface area contributed by atoms with Gasteiger partial charge in [-0.1, -0.05) is 12.1 Å². The Morgan fingerprint density at radius 2 is 1.93 bits per heavy atom. The number of para-hydroxylation sites is 1. The van der Waals surface area contributed by atoms with Crippen molar-refractivity contribution in [3.63, 3.8) is 0 Å². The number of primary amides is 1. The topological polar surface area (TPSA) is 89.3 Å². The summed E-state index contributed by atoms with van der Waals surface area (Å²) in [5.74, 6) is -1.87. The lowest BCUT2D eigenvalue weighted by atomic mass is 10.1. The average Bonchev–Trinajstić information content (AvgIpc) is 2.18. The van der Waals surface area contributed by atoms with Crippen LogP contribution in [0.1, 0.15) is 10.4 Å². The minimum absolute atomic E-state index is 0.0899. The Bertz CT molecular complexity index is 387. The maximum atomic E-state index is 11.2. The van der Waals surface area contributed by atoms with Crippen molar-refractivity contribution in [3.8, 4) is 0 Å². The van der Waals surface area contributed by atoms with E-state index in [0.29, 0.717) is 6.41 Å². The molecule has 3 N–H and O–H groups in total. The Kier molecular flexibility index (Phi) is 2.96. The first-order valence-electron chi connectivity index (χ1n) is 3.80. The molecule has 0 spiro atoms. The van der Waals surface area contributed by atoms with Crippen LogP contribution in [0.25, 0.3) is 0 Å². The zero-order chi connectivity index (χ0) is 10.6. The van der Waals surface area contributed by atoms with Gasteiger partial charge in [0, 0.05) is 0 Å². The zero-order valence-corrected chi connectivity index (χ0v) is 7.19. The number of carbonyl (C=O) groups is 3. The summed E-state index contributed by atoms with van der Waals surface area (Å²) >= 11 is 0. The van der Waals surface area contributed by atoms with Crippen LogP contribution in [0.3, 0.4) is 0 Å². The van der Waals surface area contributed by atoms with Crippen LogP contribution in [0.4, 0.5) is 5.69 Å². The highest BCUT2D eigenvalue weighted by atomic mass is 16.2. The molecule has 0 heterocycles. The largest absolute Gasteiger partial charge is 0.363 e. The Hall–Kier alpha value is -2.17. The average molecular weight is 192 g/mol. The van der Waals surface area contributed by atoms with Crippen molar-refractivity contribution in [1.82, 2.24) is 0 Å². The Balaban J connectivity index is 3.12. The quantitative estimate of drug-likeness (QED) is 0.397. The molecule has 0 aliphatic heterocycles. The van der Waals surface area contributed by atoms with Gasteiger partial charge in [0.2, 0.25) is 6.41 Å². The molecule has 0 fully saturated rings.